The molecule has 0 fully saturated rings. The molecule has 0 saturated carbocycles. The van der Waals surface area contributed by atoms with E-state index in [1.807, 2.05) is 45.0 Å². The monoisotopic (exact) mass is 326 g/mol. The average Bonchev–Trinajstić information content (AvgIpc) is 2.52. The topological polar surface area (TPSA) is 89.1 Å². The van der Waals surface area contributed by atoms with Crippen molar-refractivity contribution in [3.05, 3.63) is 54.1 Å². The number of carbonyl (C=O) groups excluding carboxylic acids is 1. The number of hydrogen-bond acceptors (Lipinski definition) is 5. The molecular formula is C18H22N4O2. The number of carbonyl (C=O) groups is 1. The van der Waals surface area contributed by atoms with Crippen molar-refractivity contribution in [1.29, 1.82) is 0 Å². The normalized spacial score (nSPS) is 11.5. The number of nitrogen functional groups attached to an aromatic ring is 1. The largest absolute Gasteiger partial charge is 0.444 e. The number of azo groups is 1. The van der Waals surface area contributed by atoms with Gasteiger partial charge >= 0.3 is 6.09 Å². The lowest BCUT2D eigenvalue weighted by molar-refractivity contribution is 0.0523. The summed E-state index contributed by atoms with van der Waals surface area (Å²) in [5.41, 5.74) is 8.23. The summed E-state index contributed by atoms with van der Waals surface area (Å²) in [7, 11) is 0. The molecule has 0 bridgehead atoms. The summed E-state index contributed by atoms with van der Waals surface area (Å²) < 4.78 is 5.19. The minimum atomic E-state index is -0.504. The highest BCUT2D eigenvalue weighted by atomic mass is 16.6. The van der Waals surface area contributed by atoms with Crippen molar-refractivity contribution in [1.82, 2.24) is 5.32 Å². The van der Waals surface area contributed by atoms with Crippen LogP contribution in [0, 0.1) is 0 Å². The van der Waals surface area contributed by atoms with Gasteiger partial charge in [0.15, 0.2) is 0 Å². The number of ether oxygens (including phenoxy) is 1. The molecular weight excluding hydrogens is 304 g/mol. The van der Waals surface area contributed by atoms with Gasteiger partial charge in [-0.3, -0.25) is 0 Å². The van der Waals surface area contributed by atoms with Crippen LogP contribution in [0.5, 0.6) is 0 Å². The van der Waals surface area contributed by atoms with Crippen LogP contribution in [0.4, 0.5) is 21.9 Å². The molecule has 0 aromatic heterocycles. The molecule has 0 saturated heterocycles. The number of anilines is 1. The number of amides is 1. The molecule has 2 aromatic carbocycles. The molecule has 6 heteroatoms. The molecule has 6 nitrogen and oxygen atoms in total. The lowest BCUT2D eigenvalue weighted by atomic mass is 10.2. The fraction of sp³-hybridized carbons (Fsp3) is 0.278. The number of nitrogens with two attached hydrogens (primary N) is 1. The quantitative estimate of drug-likeness (QED) is 0.630. The molecule has 2 aromatic rings. The zero-order valence-corrected chi connectivity index (χ0v) is 14.1. The first-order valence-corrected chi connectivity index (χ1v) is 7.65. The third kappa shape index (κ3) is 6.08. The number of rotatable bonds is 4. The molecule has 0 atom stereocenters. The van der Waals surface area contributed by atoms with Crippen LogP contribution < -0.4 is 11.1 Å². The third-order valence-corrected chi connectivity index (χ3v) is 2.95. The third-order valence-electron chi connectivity index (χ3n) is 2.95. The summed E-state index contributed by atoms with van der Waals surface area (Å²) >= 11 is 0. The van der Waals surface area contributed by atoms with Gasteiger partial charge in [-0.05, 0) is 62.7 Å². The smallest absolute Gasteiger partial charge is 0.407 e. The van der Waals surface area contributed by atoms with Crippen molar-refractivity contribution < 1.29 is 9.53 Å². The van der Waals surface area contributed by atoms with Crippen molar-refractivity contribution in [3.63, 3.8) is 0 Å². The van der Waals surface area contributed by atoms with Crippen molar-refractivity contribution in [2.45, 2.75) is 32.9 Å². The van der Waals surface area contributed by atoms with E-state index in [-0.39, 0.29) is 0 Å². The van der Waals surface area contributed by atoms with Gasteiger partial charge in [-0.15, -0.1) is 0 Å². The van der Waals surface area contributed by atoms with E-state index in [1.54, 1.807) is 24.3 Å². The lowest BCUT2D eigenvalue weighted by Gasteiger charge is -2.19. The summed E-state index contributed by atoms with van der Waals surface area (Å²) in [4.78, 5) is 11.6. The second-order valence-electron chi connectivity index (χ2n) is 6.31. The van der Waals surface area contributed by atoms with Crippen LogP contribution >= 0.6 is 0 Å². The van der Waals surface area contributed by atoms with Crippen molar-refractivity contribution >= 4 is 23.2 Å². The van der Waals surface area contributed by atoms with E-state index in [9.17, 15) is 4.79 Å². The minimum absolute atomic E-state index is 0.393. The molecule has 0 aliphatic rings. The molecule has 0 spiro atoms. The van der Waals surface area contributed by atoms with Crippen LogP contribution in [0.3, 0.4) is 0 Å². The standard InChI is InChI=1S/C18H22N4O2/c1-18(2,3)24-17(23)20-12-13-4-8-15(9-5-13)21-22-16-10-6-14(19)7-11-16/h4-11H,12,19H2,1-3H3,(H,20,23)/b22-21+. The Morgan fingerprint density at radius 3 is 2.00 bits per heavy atom. The van der Waals surface area contributed by atoms with Gasteiger partial charge < -0.3 is 15.8 Å². The van der Waals surface area contributed by atoms with Gasteiger partial charge in [0, 0.05) is 12.2 Å². The van der Waals surface area contributed by atoms with Crippen LogP contribution in [0.15, 0.2) is 58.8 Å². The lowest BCUT2D eigenvalue weighted by Crippen LogP contribution is -2.32. The van der Waals surface area contributed by atoms with Crippen molar-refractivity contribution in [2.24, 2.45) is 10.2 Å². The molecule has 2 rings (SSSR count). The number of benzene rings is 2. The first-order valence-electron chi connectivity index (χ1n) is 7.65. The molecule has 0 radical (unpaired) electrons. The van der Waals surface area contributed by atoms with E-state index >= 15 is 0 Å². The highest BCUT2D eigenvalue weighted by molar-refractivity contribution is 5.67. The zero-order chi connectivity index (χ0) is 17.6. The Morgan fingerprint density at radius 2 is 1.50 bits per heavy atom. The number of hydrogen-bond donors (Lipinski definition) is 2. The summed E-state index contributed by atoms with van der Waals surface area (Å²) in [5.74, 6) is 0. The number of nitrogens with one attached hydrogen (secondary N) is 1. The van der Waals surface area contributed by atoms with Gasteiger partial charge in [-0.2, -0.15) is 10.2 Å². The second-order valence-corrected chi connectivity index (χ2v) is 6.31. The highest BCUT2D eigenvalue weighted by Crippen LogP contribution is 2.19. The first-order chi connectivity index (χ1) is 11.3. The van der Waals surface area contributed by atoms with E-state index in [0.717, 1.165) is 16.9 Å². The fourth-order valence-corrected chi connectivity index (χ4v) is 1.83. The first kappa shape index (κ1) is 17.5. The van der Waals surface area contributed by atoms with Crippen molar-refractivity contribution in [3.8, 4) is 0 Å². The maximum absolute atomic E-state index is 11.6. The van der Waals surface area contributed by atoms with Gasteiger partial charge in [0.05, 0.1) is 11.4 Å². The summed E-state index contributed by atoms with van der Waals surface area (Å²) in [5, 5.41) is 11.0. The predicted molar refractivity (Wildman–Crippen MR) is 94.5 cm³/mol. The molecule has 0 unspecified atom stereocenters. The second kappa shape index (κ2) is 7.59. The van der Waals surface area contributed by atoms with Gasteiger partial charge in [-0.25, -0.2) is 4.79 Å². The summed E-state index contributed by atoms with van der Waals surface area (Å²) in [6.45, 7) is 5.87. The van der Waals surface area contributed by atoms with E-state index in [2.05, 4.69) is 15.5 Å². The van der Waals surface area contributed by atoms with Gasteiger partial charge in [0.25, 0.3) is 0 Å². The Labute approximate surface area is 141 Å². The van der Waals surface area contributed by atoms with Gasteiger partial charge in [0.2, 0.25) is 0 Å². The number of nitrogens with zero attached hydrogens (tertiary/aromatic N) is 2. The Kier molecular flexibility index (Phi) is 5.52. The Morgan fingerprint density at radius 1 is 1.00 bits per heavy atom. The molecule has 0 aliphatic heterocycles. The minimum Gasteiger partial charge on any atom is -0.444 e. The SMILES string of the molecule is CC(C)(C)OC(=O)NCc1ccc(/N=N/c2ccc(N)cc2)cc1. The summed E-state index contributed by atoms with van der Waals surface area (Å²) in [6, 6.07) is 14.6. The molecule has 3 N–H and O–H groups in total. The van der Waals surface area contributed by atoms with Crippen LogP contribution in [-0.4, -0.2) is 11.7 Å². The van der Waals surface area contributed by atoms with Gasteiger partial charge in [0.1, 0.15) is 5.60 Å². The Hall–Kier alpha value is -2.89. The van der Waals surface area contributed by atoms with E-state index in [4.69, 9.17) is 10.5 Å². The van der Waals surface area contributed by atoms with Crippen molar-refractivity contribution in [2.75, 3.05) is 5.73 Å². The maximum Gasteiger partial charge on any atom is 0.407 e. The van der Waals surface area contributed by atoms with Crippen LogP contribution in [-0.2, 0) is 11.3 Å². The fourth-order valence-electron chi connectivity index (χ4n) is 1.83. The predicted octanol–water partition coefficient (Wildman–Crippen LogP) is 4.71. The van der Waals surface area contributed by atoms with Gasteiger partial charge in [-0.1, -0.05) is 12.1 Å². The van der Waals surface area contributed by atoms with Crippen LogP contribution in [0.1, 0.15) is 26.3 Å². The van der Waals surface area contributed by atoms with E-state index < -0.39 is 11.7 Å². The van der Waals surface area contributed by atoms with Crippen LogP contribution in [0.25, 0.3) is 0 Å². The zero-order valence-electron chi connectivity index (χ0n) is 14.1. The molecule has 1 amide bonds. The average molecular weight is 326 g/mol. The summed E-state index contributed by atoms with van der Waals surface area (Å²) in [6.07, 6.45) is -0.436. The molecule has 24 heavy (non-hydrogen) atoms. The van der Waals surface area contributed by atoms with E-state index in [0.29, 0.717) is 12.2 Å². The molecule has 0 heterocycles. The molecule has 126 valence electrons. The maximum atomic E-state index is 11.6. The van der Waals surface area contributed by atoms with E-state index in [1.165, 1.54) is 0 Å². The number of alkyl carbamates (subject to hydrolysis) is 1. The highest BCUT2D eigenvalue weighted by Gasteiger charge is 2.15. The van der Waals surface area contributed by atoms with Crippen LogP contribution in [0.2, 0.25) is 0 Å². The Bertz CT molecular complexity index is 701. The molecule has 0 aliphatic carbocycles. The Balaban J connectivity index is 1.88.